The lowest BCUT2D eigenvalue weighted by molar-refractivity contribution is -0.116. The van der Waals surface area contributed by atoms with Gasteiger partial charge in [0, 0.05) is 18.7 Å². The molecular weight excluding hydrogens is 238 g/mol. The fraction of sp³-hybridized carbons (Fsp3) is 0.533. The number of nitrogens with one attached hydrogen (secondary N) is 2. The number of anilines is 1. The average molecular weight is 261 g/mol. The van der Waals surface area contributed by atoms with Crippen LogP contribution in [0.15, 0.2) is 18.2 Å². The van der Waals surface area contributed by atoms with Crippen molar-refractivity contribution in [3.05, 3.63) is 29.3 Å². The lowest BCUT2D eigenvalue weighted by Gasteiger charge is -2.17. The van der Waals surface area contributed by atoms with Gasteiger partial charge < -0.3 is 16.4 Å². The van der Waals surface area contributed by atoms with Crippen molar-refractivity contribution in [2.45, 2.75) is 32.7 Å². The highest BCUT2D eigenvalue weighted by atomic mass is 16.1. The van der Waals surface area contributed by atoms with E-state index in [1.165, 1.54) is 11.1 Å². The van der Waals surface area contributed by atoms with E-state index < -0.39 is 0 Å². The van der Waals surface area contributed by atoms with Crippen molar-refractivity contribution in [1.82, 2.24) is 5.32 Å². The monoisotopic (exact) mass is 261 g/mol. The fourth-order valence-corrected chi connectivity index (χ4v) is 2.25. The number of amides is 1. The number of carbonyl (C=O) groups excluding carboxylic acids is 1. The molecule has 0 radical (unpaired) electrons. The number of rotatable bonds is 6. The van der Waals surface area contributed by atoms with E-state index in [0.717, 1.165) is 38.2 Å². The zero-order valence-electron chi connectivity index (χ0n) is 11.5. The minimum Gasteiger partial charge on any atom is -0.330 e. The molecule has 0 aromatic heterocycles. The highest BCUT2D eigenvalue weighted by molar-refractivity contribution is 5.93. The SMILES string of the molecule is CC(CN)CCNCc1ccc2c(c1)CCC(=O)N2. The third-order valence-corrected chi connectivity index (χ3v) is 3.61. The van der Waals surface area contributed by atoms with Crippen molar-refractivity contribution in [2.75, 3.05) is 18.4 Å². The second kappa shape index (κ2) is 6.68. The van der Waals surface area contributed by atoms with Crippen molar-refractivity contribution in [1.29, 1.82) is 0 Å². The van der Waals surface area contributed by atoms with E-state index in [2.05, 4.69) is 29.7 Å². The summed E-state index contributed by atoms with van der Waals surface area (Å²) in [5, 5.41) is 6.34. The van der Waals surface area contributed by atoms with E-state index in [-0.39, 0.29) is 5.91 Å². The Morgan fingerprint density at radius 3 is 3.05 bits per heavy atom. The molecule has 1 aliphatic rings. The first-order valence-corrected chi connectivity index (χ1v) is 7.01. The van der Waals surface area contributed by atoms with Crippen LogP contribution in [0.4, 0.5) is 5.69 Å². The molecule has 1 aromatic rings. The molecule has 1 atom stereocenters. The molecule has 1 unspecified atom stereocenters. The molecule has 0 aliphatic carbocycles. The van der Waals surface area contributed by atoms with E-state index in [4.69, 9.17) is 5.73 Å². The Morgan fingerprint density at radius 1 is 1.42 bits per heavy atom. The van der Waals surface area contributed by atoms with Gasteiger partial charge in [-0.3, -0.25) is 4.79 Å². The van der Waals surface area contributed by atoms with Crippen LogP contribution >= 0.6 is 0 Å². The van der Waals surface area contributed by atoms with Crippen LogP contribution in [0.2, 0.25) is 0 Å². The first-order chi connectivity index (χ1) is 9.19. The minimum atomic E-state index is 0.120. The summed E-state index contributed by atoms with van der Waals surface area (Å²) >= 11 is 0. The van der Waals surface area contributed by atoms with Gasteiger partial charge in [0.15, 0.2) is 0 Å². The Hall–Kier alpha value is -1.39. The number of carbonyl (C=O) groups is 1. The zero-order valence-corrected chi connectivity index (χ0v) is 11.5. The van der Waals surface area contributed by atoms with Gasteiger partial charge in [0.2, 0.25) is 5.91 Å². The third-order valence-electron chi connectivity index (χ3n) is 3.61. The van der Waals surface area contributed by atoms with Crippen LogP contribution in [-0.2, 0) is 17.8 Å². The van der Waals surface area contributed by atoms with E-state index in [1.54, 1.807) is 0 Å². The molecule has 0 spiro atoms. The van der Waals surface area contributed by atoms with Gasteiger partial charge in [-0.15, -0.1) is 0 Å². The van der Waals surface area contributed by atoms with Gasteiger partial charge in [-0.05, 0) is 49.0 Å². The van der Waals surface area contributed by atoms with Gasteiger partial charge in [0.1, 0.15) is 0 Å². The maximum Gasteiger partial charge on any atom is 0.224 e. The molecular formula is C15H23N3O. The maximum atomic E-state index is 11.3. The molecule has 4 heteroatoms. The Balaban J connectivity index is 1.83. The normalized spacial score (nSPS) is 15.8. The predicted molar refractivity (Wildman–Crippen MR) is 77.9 cm³/mol. The standard InChI is InChI=1S/C15H23N3O/c1-11(9-16)6-7-17-10-12-2-4-14-13(8-12)3-5-15(19)18-14/h2,4,8,11,17H,3,5-7,9-10,16H2,1H3,(H,18,19). The lowest BCUT2D eigenvalue weighted by atomic mass is 10.0. The van der Waals surface area contributed by atoms with E-state index in [9.17, 15) is 4.79 Å². The second-order valence-corrected chi connectivity index (χ2v) is 5.35. The first-order valence-electron chi connectivity index (χ1n) is 7.01. The highest BCUT2D eigenvalue weighted by Crippen LogP contribution is 2.23. The van der Waals surface area contributed by atoms with Crippen LogP contribution in [-0.4, -0.2) is 19.0 Å². The molecule has 104 valence electrons. The third kappa shape index (κ3) is 4.04. The Morgan fingerprint density at radius 2 is 2.26 bits per heavy atom. The van der Waals surface area contributed by atoms with Crippen molar-refractivity contribution in [3.8, 4) is 0 Å². The molecule has 0 bridgehead atoms. The van der Waals surface area contributed by atoms with Crippen molar-refractivity contribution < 1.29 is 4.79 Å². The fourth-order valence-electron chi connectivity index (χ4n) is 2.25. The van der Waals surface area contributed by atoms with Gasteiger partial charge in [-0.1, -0.05) is 19.1 Å². The number of aryl methyl sites for hydroxylation is 1. The van der Waals surface area contributed by atoms with Crippen LogP contribution in [0.3, 0.4) is 0 Å². The Labute approximate surface area is 114 Å². The summed E-state index contributed by atoms with van der Waals surface area (Å²) in [6.45, 7) is 4.79. The Kier molecular flexibility index (Phi) is 4.93. The second-order valence-electron chi connectivity index (χ2n) is 5.35. The van der Waals surface area contributed by atoms with E-state index in [0.29, 0.717) is 12.3 Å². The summed E-state index contributed by atoms with van der Waals surface area (Å²) in [7, 11) is 0. The molecule has 1 amide bonds. The van der Waals surface area contributed by atoms with Crippen LogP contribution in [0.25, 0.3) is 0 Å². The van der Waals surface area contributed by atoms with Gasteiger partial charge in [-0.25, -0.2) is 0 Å². The summed E-state index contributed by atoms with van der Waals surface area (Å²) in [6.07, 6.45) is 2.55. The number of hydrogen-bond donors (Lipinski definition) is 3. The molecule has 19 heavy (non-hydrogen) atoms. The maximum absolute atomic E-state index is 11.3. The summed E-state index contributed by atoms with van der Waals surface area (Å²) < 4.78 is 0. The number of fused-ring (bicyclic) bond motifs is 1. The molecule has 1 heterocycles. The quantitative estimate of drug-likeness (QED) is 0.682. The van der Waals surface area contributed by atoms with E-state index >= 15 is 0 Å². The number of hydrogen-bond acceptors (Lipinski definition) is 3. The molecule has 2 rings (SSSR count). The number of benzene rings is 1. The molecule has 0 saturated heterocycles. The van der Waals surface area contributed by atoms with Crippen LogP contribution < -0.4 is 16.4 Å². The summed E-state index contributed by atoms with van der Waals surface area (Å²) in [5.41, 5.74) is 9.08. The van der Waals surface area contributed by atoms with E-state index in [1.807, 2.05) is 6.07 Å². The van der Waals surface area contributed by atoms with Gasteiger partial charge in [-0.2, -0.15) is 0 Å². The highest BCUT2D eigenvalue weighted by Gasteiger charge is 2.14. The molecule has 0 saturated carbocycles. The number of nitrogens with two attached hydrogens (primary N) is 1. The van der Waals surface area contributed by atoms with Crippen molar-refractivity contribution in [2.24, 2.45) is 11.7 Å². The smallest absolute Gasteiger partial charge is 0.224 e. The van der Waals surface area contributed by atoms with Crippen LogP contribution in [0.5, 0.6) is 0 Å². The molecule has 1 aliphatic heterocycles. The van der Waals surface area contributed by atoms with Crippen LogP contribution in [0, 0.1) is 5.92 Å². The summed E-state index contributed by atoms with van der Waals surface area (Å²) in [5.74, 6) is 0.695. The average Bonchev–Trinajstić information content (AvgIpc) is 2.43. The summed E-state index contributed by atoms with van der Waals surface area (Å²) in [6, 6.07) is 6.27. The van der Waals surface area contributed by atoms with Gasteiger partial charge in [0.25, 0.3) is 0 Å². The topological polar surface area (TPSA) is 67.1 Å². The predicted octanol–water partition coefficient (Wildman–Crippen LogP) is 1.65. The molecule has 0 fully saturated rings. The van der Waals surface area contributed by atoms with Crippen LogP contribution in [0.1, 0.15) is 30.9 Å². The summed E-state index contributed by atoms with van der Waals surface area (Å²) in [4.78, 5) is 11.3. The zero-order chi connectivity index (χ0) is 13.7. The van der Waals surface area contributed by atoms with Crippen molar-refractivity contribution >= 4 is 11.6 Å². The minimum absolute atomic E-state index is 0.120. The Bertz CT molecular complexity index is 445. The van der Waals surface area contributed by atoms with Crippen molar-refractivity contribution in [3.63, 3.8) is 0 Å². The van der Waals surface area contributed by atoms with Gasteiger partial charge >= 0.3 is 0 Å². The molecule has 4 N–H and O–H groups in total. The largest absolute Gasteiger partial charge is 0.330 e. The molecule has 1 aromatic carbocycles. The molecule has 4 nitrogen and oxygen atoms in total. The lowest BCUT2D eigenvalue weighted by Crippen LogP contribution is -2.21. The van der Waals surface area contributed by atoms with Gasteiger partial charge in [0.05, 0.1) is 0 Å². The first kappa shape index (κ1) is 14.0.